The summed E-state index contributed by atoms with van der Waals surface area (Å²) in [6, 6.07) is 7.29. The third-order valence-electron chi connectivity index (χ3n) is 2.70. The van der Waals surface area contributed by atoms with Crippen LogP contribution in [0.1, 0.15) is 16.1 Å². The number of hydrogen-bond donors (Lipinski definition) is 2. The number of aryl methyl sites for hydroxylation is 1. The van der Waals surface area contributed by atoms with E-state index in [1.54, 1.807) is 24.9 Å². The monoisotopic (exact) mass is 273 g/mol. The lowest BCUT2D eigenvalue weighted by Crippen LogP contribution is -2.24. The number of methoxy groups -OCH3 is 1. The van der Waals surface area contributed by atoms with Gasteiger partial charge in [0.15, 0.2) is 5.96 Å². The second-order valence-corrected chi connectivity index (χ2v) is 4.11. The van der Waals surface area contributed by atoms with Crippen molar-refractivity contribution in [2.24, 2.45) is 16.5 Å². The Kier molecular flexibility index (Phi) is 3.69. The molecule has 0 saturated heterocycles. The van der Waals surface area contributed by atoms with Gasteiger partial charge in [0.1, 0.15) is 5.75 Å². The molecule has 1 amide bonds. The summed E-state index contributed by atoms with van der Waals surface area (Å²) in [5.74, 6) is -0.0386. The summed E-state index contributed by atoms with van der Waals surface area (Å²) in [7, 11) is 1.60. The Labute approximate surface area is 115 Å². The molecule has 0 radical (unpaired) electrons. The Bertz CT molecular complexity index is 654. The minimum Gasteiger partial charge on any atom is -0.497 e. The summed E-state index contributed by atoms with van der Waals surface area (Å²) < 4.78 is 6.67. The predicted octanol–water partition coefficient (Wildman–Crippen LogP) is 0.603. The predicted molar refractivity (Wildman–Crippen MR) is 75.0 cm³/mol. The standard InChI is InChI=1S/C13H15N5O2/c1-8-11(12(19)16-13(14)15)7-18(17-8)9-3-5-10(20-2)6-4-9/h3-7H,1-2H3,(H4,14,15,16,19). The number of aliphatic imine (C=N–C) groups is 1. The summed E-state index contributed by atoms with van der Waals surface area (Å²) in [5.41, 5.74) is 12.1. The average molecular weight is 273 g/mol. The van der Waals surface area contributed by atoms with E-state index in [1.165, 1.54) is 0 Å². The minimum atomic E-state index is -0.512. The number of amides is 1. The molecule has 7 nitrogen and oxygen atoms in total. The second-order valence-electron chi connectivity index (χ2n) is 4.11. The van der Waals surface area contributed by atoms with Crippen LogP contribution in [0.2, 0.25) is 0 Å². The molecule has 1 aromatic heterocycles. The Morgan fingerprint density at radius 2 is 1.95 bits per heavy atom. The van der Waals surface area contributed by atoms with E-state index in [0.29, 0.717) is 11.3 Å². The summed E-state index contributed by atoms with van der Waals surface area (Å²) >= 11 is 0. The Balaban J connectivity index is 2.35. The zero-order chi connectivity index (χ0) is 14.7. The van der Waals surface area contributed by atoms with Crippen molar-refractivity contribution in [1.29, 1.82) is 0 Å². The molecule has 0 aliphatic carbocycles. The lowest BCUT2D eigenvalue weighted by molar-refractivity contribution is 0.100. The fourth-order valence-electron chi connectivity index (χ4n) is 1.71. The van der Waals surface area contributed by atoms with Gasteiger partial charge in [-0.3, -0.25) is 4.79 Å². The first kappa shape index (κ1) is 13.6. The molecule has 0 fully saturated rings. The van der Waals surface area contributed by atoms with Gasteiger partial charge in [0.05, 0.1) is 24.1 Å². The maximum absolute atomic E-state index is 11.8. The van der Waals surface area contributed by atoms with Crippen molar-refractivity contribution in [3.8, 4) is 11.4 Å². The van der Waals surface area contributed by atoms with E-state index in [9.17, 15) is 4.79 Å². The van der Waals surface area contributed by atoms with E-state index in [1.807, 2.05) is 24.3 Å². The van der Waals surface area contributed by atoms with Gasteiger partial charge in [0.2, 0.25) is 0 Å². The van der Waals surface area contributed by atoms with Crippen LogP contribution in [0.4, 0.5) is 0 Å². The van der Waals surface area contributed by atoms with Crippen molar-refractivity contribution >= 4 is 11.9 Å². The second kappa shape index (κ2) is 5.43. The fourth-order valence-corrected chi connectivity index (χ4v) is 1.71. The lowest BCUT2D eigenvalue weighted by atomic mass is 10.2. The van der Waals surface area contributed by atoms with Gasteiger partial charge in [-0.25, -0.2) is 4.68 Å². The Morgan fingerprint density at radius 3 is 2.50 bits per heavy atom. The van der Waals surface area contributed by atoms with Crippen LogP contribution in [0, 0.1) is 6.92 Å². The van der Waals surface area contributed by atoms with Crippen molar-refractivity contribution in [1.82, 2.24) is 9.78 Å². The minimum absolute atomic E-state index is 0.272. The SMILES string of the molecule is COc1ccc(-n2cc(C(=O)N=C(N)N)c(C)n2)cc1. The van der Waals surface area contributed by atoms with Crippen LogP contribution >= 0.6 is 0 Å². The highest BCUT2D eigenvalue weighted by Crippen LogP contribution is 2.16. The van der Waals surface area contributed by atoms with E-state index in [0.717, 1.165) is 11.4 Å². The van der Waals surface area contributed by atoms with Crippen molar-refractivity contribution in [3.63, 3.8) is 0 Å². The van der Waals surface area contributed by atoms with Crippen LogP contribution in [0.5, 0.6) is 5.75 Å². The first-order chi connectivity index (χ1) is 9.51. The first-order valence-corrected chi connectivity index (χ1v) is 5.86. The van der Waals surface area contributed by atoms with Gasteiger partial charge in [-0.05, 0) is 31.2 Å². The van der Waals surface area contributed by atoms with E-state index in [-0.39, 0.29) is 5.96 Å². The molecule has 1 aromatic carbocycles. The Hall–Kier alpha value is -2.83. The van der Waals surface area contributed by atoms with E-state index in [2.05, 4.69) is 10.1 Å². The van der Waals surface area contributed by atoms with Crippen LogP contribution in [0.15, 0.2) is 35.5 Å². The third kappa shape index (κ3) is 2.77. The summed E-state index contributed by atoms with van der Waals surface area (Å²) in [6.07, 6.45) is 1.59. The molecule has 20 heavy (non-hydrogen) atoms. The average Bonchev–Trinajstić information content (AvgIpc) is 2.80. The number of benzene rings is 1. The zero-order valence-electron chi connectivity index (χ0n) is 11.2. The largest absolute Gasteiger partial charge is 0.497 e. The molecular formula is C13H15N5O2. The molecule has 0 aliphatic rings. The van der Waals surface area contributed by atoms with Crippen molar-refractivity contribution < 1.29 is 9.53 Å². The number of aromatic nitrogens is 2. The first-order valence-electron chi connectivity index (χ1n) is 5.86. The van der Waals surface area contributed by atoms with E-state index >= 15 is 0 Å². The quantitative estimate of drug-likeness (QED) is 0.629. The number of nitrogens with zero attached hydrogens (tertiary/aromatic N) is 3. The van der Waals surface area contributed by atoms with Crippen LogP contribution in [-0.2, 0) is 0 Å². The Morgan fingerprint density at radius 1 is 1.30 bits per heavy atom. The number of hydrogen-bond acceptors (Lipinski definition) is 3. The molecule has 2 aromatic rings. The fraction of sp³-hybridized carbons (Fsp3) is 0.154. The highest BCUT2D eigenvalue weighted by atomic mass is 16.5. The summed E-state index contributed by atoms with van der Waals surface area (Å²) in [4.78, 5) is 15.3. The summed E-state index contributed by atoms with van der Waals surface area (Å²) in [5, 5.41) is 4.27. The molecular weight excluding hydrogens is 258 g/mol. The topological polar surface area (TPSA) is 109 Å². The molecule has 0 atom stereocenters. The molecule has 0 aliphatic heterocycles. The van der Waals surface area contributed by atoms with Crippen LogP contribution in [-0.4, -0.2) is 28.8 Å². The van der Waals surface area contributed by atoms with Crippen LogP contribution in [0.25, 0.3) is 5.69 Å². The molecule has 104 valence electrons. The van der Waals surface area contributed by atoms with Gasteiger partial charge in [-0.15, -0.1) is 0 Å². The molecule has 0 unspecified atom stereocenters. The number of carbonyl (C=O) groups excluding carboxylic acids is 1. The van der Waals surface area contributed by atoms with Gasteiger partial charge in [-0.2, -0.15) is 10.1 Å². The van der Waals surface area contributed by atoms with Crippen LogP contribution < -0.4 is 16.2 Å². The zero-order valence-corrected chi connectivity index (χ0v) is 11.2. The van der Waals surface area contributed by atoms with Crippen molar-refractivity contribution in [2.75, 3.05) is 7.11 Å². The molecule has 0 saturated carbocycles. The molecule has 1 heterocycles. The van der Waals surface area contributed by atoms with Crippen LogP contribution in [0.3, 0.4) is 0 Å². The molecule has 0 spiro atoms. The van der Waals surface area contributed by atoms with Gasteiger partial charge in [0, 0.05) is 6.20 Å². The maximum atomic E-state index is 11.8. The highest BCUT2D eigenvalue weighted by molar-refractivity contribution is 6.02. The van der Waals surface area contributed by atoms with Gasteiger partial charge < -0.3 is 16.2 Å². The lowest BCUT2D eigenvalue weighted by Gasteiger charge is -2.02. The van der Waals surface area contributed by atoms with E-state index in [4.69, 9.17) is 16.2 Å². The summed E-state index contributed by atoms with van der Waals surface area (Å²) in [6.45, 7) is 1.72. The third-order valence-corrected chi connectivity index (χ3v) is 2.70. The van der Waals surface area contributed by atoms with Gasteiger partial charge >= 0.3 is 0 Å². The normalized spacial score (nSPS) is 10.1. The molecule has 0 bridgehead atoms. The van der Waals surface area contributed by atoms with E-state index < -0.39 is 5.91 Å². The number of nitrogens with two attached hydrogens (primary N) is 2. The van der Waals surface area contributed by atoms with Gasteiger partial charge in [0.25, 0.3) is 5.91 Å². The molecule has 2 rings (SSSR count). The number of guanidine groups is 1. The molecule has 7 heteroatoms. The number of ether oxygens (including phenoxy) is 1. The molecule has 4 N–H and O–H groups in total. The maximum Gasteiger partial charge on any atom is 0.283 e. The van der Waals surface area contributed by atoms with Crippen molar-refractivity contribution in [3.05, 3.63) is 41.7 Å². The highest BCUT2D eigenvalue weighted by Gasteiger charge is 2.13. The van der Waals surface area contributed by atoms with Gasteiger partial charge in [-0.1, -0.05) is 0 Å². The number of carbonyl (C=O) groups is 1. The van der Waals surface area contributed by atoms with Crippen molar-refractivity contribution in [2.45, 2.75) is 6.92 Å². The number of rotatable bonds is 3. The smallest absolute Gasteiger partial charge is 0.283 e.